The summed E-state index contributed by atoms with van der Waals surface area (Å²) in [6, 6.07) is 16.8. The molecule has 0 unspecified atom stereocenters. The molecule has 0 fully saturated rings. The predicted octanol–water partition coefficient (Wildman–Crippen LogP) is 6.04. The summed E-state index contributed by atoms with van der Waals surface area (Å²) in [5.41, 5.74) is 3.03. The van der Waals surface area contributed by atoms with E-state index in [2.05, 4.69) is 11.7 Å². The molecular formula is C23H20F2O2. The van der Waals surface area contributed by atoms with Crippen molar-refractivity contribution in [2.45, 2.75) is 19.8 Å². The van der Waals surface area contributed by atoms with E-state index in [4.69, 9.17) is 0 Å². The fraction of sp³-hybridized carbons (Fsp3) is 0.174. The van der Waals surface area contributed by atoms with Gasteiger partial charge in [0.15, 0.2) is 11.6 Å². The summed E-state index contributed by atoms with van der Waals surface area (Å²) in [6.45, 7) is 2.10. The predicted molar refractivity (Wildman–Crippen MR) is 103 cm³/mol. The van der Waals surface area contributed by atoms with E-state index in [-0.39, 0.29) is 11.1 Å². The fourth-order valence-electron chi connectivity index (χ4n) is 3.04. The molecule has 0 N–H and O–H groups in total. The molecule has 0 aliphatic rings. The van der Waals surface area contributed by atoms with Gasteiger partial charge in [0.1, 0.15) is 0 Å². The first-order valence-electron chi connectivity index (χ1n) is 8.81. The van der Waals surface area contributed by atoms with Gasteiger partial charge in [-0.2, -0.15) is 0 Å². The van der Waals surface area contributed by atoms with Crippen LogP contribution in [0, 0.1) is 11.6 Å². The largest absolute Gasteiger partial charge is 0.465 e. The molecule has 3 aromatic carbocycles. The molecule has 0 aliphatic heterocycles. The van der Waals surface area contributed by atoms with E-state index >= 15 is 0 Å². The van der Waals surface area contributed by atoms with Crippen molar-refractivity contribution in [2.75, 3.05) is 7.11 Å². The smallest absolute Gasteiger partial charge is 0.337 e. The van der Waals surface area contributed by atoms with Gasteiger partial charge in [0.2, 0.25) is 0 Å². The second-order valence-electron chi connectivity index (χ2n) is 6.30. The normalized spacial score (nSPS) is 10.7. The number of methoxy groups -OCH3 is 1. The first-order valence-corrected chi connectivity index (χ1v) is 8.81. The summed E-state index contributed by atoms with van der Waals surface area (Å²) in [6.07, 6.45) is 1.99. The number of ether oxygens (including phenoxy) is 1. The topological polar surface area (TPSA) is 26.3 Å². The standard InChI is InChI=1S/C23H20F2O2/c1-3-4-15-5-7-16(8-6-15)19-13-14-20(22(25)21(19)24)17-9-11-18(12-10-17)23(26)27-2/h5-14H,3-4H2,1-2H3. The third-order valence-corrected chi connectivity index (χ3v) is 4.50. The monoisotopic (exact) mass is 366 g/mol. The molecule has 0 radical (unpaired) electrons. The zero-order chi connectivity index (χ0) is 19.4. The van der Waals surface area contributed by atoms with Crippen LogP contribution in [0.3, 0.4) is 0 Å². The van der Waals surface area contributed by atoms with Crippen LogP contribution in [-0.2, 0) is 11.2 Å². The number of hydrogen-bond donors (Lipinski definition) is 0. The van der Waals surface area contributed by atoms with Gasteiger partial charge in [-0.3, -0.25) is 0 Å². The maximum atomic E-state index is 14.7. The highest BCUT2D eigenvalue weighted by Gasteiger charge is 2.16. The number of esters is 1. The Bertz CT molecular complexity index is 945. The second kappa shape index (κ2) is 8.12. The van der Waals surface area contributed by atoms with E-state index < -0.39 is 17.6 Å². The van der Waals surface area contributed by atoms with Crippen LogP contribution in [0.5, 0.6) is 0 Å². The van der Waals surface area contributed by atoms with Crippen LogP contribution in [0.1, 0.15) is 29.3 Å². The summed E-state index contributed by atoms with van der Waals surface area (Å²) in [5, 5.41) is 0. The third kappa shape index (κ3) is 3.90. The Morgan fingerprint density at radius 2 is 1.30 bits per heavy atom. The minimum absolute atomic E-state index is 0.148. The van der Waals surface area contributed by atoms with E-state index in [0.717, 1.165) is 12.8 Å². The average molecular weight is 366 g/mol. The summed E-state index contributed by atoms with van der Waals surface area (Å²) in [5.74, 6) is -2.26. The summed E-state index contributed by atoms with van der Waals surface area (Å²) in [4.78, 5) is 11.5. The van der Waals surface area contributed by atoms with Gasteiger partial charge in [-0.25, -0.2) is 13.6 Å². The molecule has 0 atom stereocenters. The molecule has 0 heterocycles. The Morgan fingerprint density at radius 3 is 1.74 bits per heavy atom. The lowest BCUT2D eigenvalue weighted by Crippen LogP contribution is -2.00. The molecule has 0 spiro atoms. The number of aryl methyl sites for hydroxylation is 1. The van der Waals surface area contributed by atoms with Gasteiger partial charge in [-0.1, -0.05) is 61.9 Å². The lowest BCUT2D eigenvalue weighted by Gasteiger charge is -2.10. The van der Waals surface area contributed by atoms with Crippen molar-refractivity contribution in [2.24, 2.45) is 0 Å². The van der Waals surface area contributed by atoms with Gasteiger partial charge in [0.25, 0.3) is 0 Å². The molecule has 0 aliphatic carbocycles. The molecule has 138 valence electrons. The van der Waals surface area contributed by atoms with Crippen molar-refractivity contribution in [3.8, 4) is 22.3 Å². The Kier molecular flexibility index (Phi) is 5.65. The highest BCUT2D eigenvalue weighted by molar-refractivity contribution is 5.90. The molecule has 0 saturated heterocycles. The SMILES string of the molecule is CCCc1ccc(-c2ccc(-c3ccc(C(=O)OC)cc3)c(F)c2F)cc1. The van der Waals surface area contributed by atoms with Crippen LogP contribution in [0.25, 0.3) is 22.3 Å². The average Bonchev–Trinajstić information content (AvgIpc) is 2.70. The Morgan fingerprint density at radius 1 is 0.815 bits per heavy atom. The van der Waals surface area contributed by atoms with E-state index in [1.807, 2.05) is 24.3 Å². The minimum atomic E-state index is -0.907. The van der Waals surface area contributed by atoms with E-state index in [1.54, 1.807) is 24.3 Å². The third-order valence-electron chi connectivity index (χ3n) is 4.50. The van der Waals surface area contributed by atoms with Gasteiger partial charge < -0.3 is 4.74 Å². The maximum absolute atomic E-state index is 14.7. The zero-order valence-electron chi connectivity index (χ0n) is 15.3. The first-order chi connectivity index (χ1) is 13.0. The number of halogens is 2. The lowest BCUT2D eigenvalue weighted by molar-refractivity contribution is 0.0601. The molecule has 2 nitrogen and oxygen atoms in total. The van der Waals surface area contributed by atoms with Crippen molar-refractivity contribution in [3.63, 3.8) is 0 Å². The number of hydrogen-bond acceptors (Lipinski definition) is 2. The number of rotatable bonds is 5. The molecule has 3 aromatic rings. The lowest BCUT2D eigenvalue weighted by atomic mass is 9.97. The highest BCUT2D eigenvalue weighted by Crippen LogP contribution is 2.31. The molecule has 27 heavy (non-hydrogen) atoms. The van der Waals surface area contributed by atoms with Gasteiger partial charge in [0.05, 0.1) is 12.7 Å². The molecule has 0 bridgehead atoms. The number of carbonyl (C=O) groups excluding carboxylic acids is 1. The fourth-order valence-corrected chi connectivity index (χ4v) is 3.04. The Balaban J connectivity index is 1.94. The van der Waals surface area contributed by atoms with Crippen molar-refractivity contribution in [1.29, 1.82) is 0 Å². The summed E-state index contributed by atoms with van der Waals surface area (Å²) < 4.78 is 34.0. The number of benzene rings is 3. The summed E-state index contributed by atoms with van der Waals surface area (Å²) in [7, 11) is 1.29. The van der Waals surface area contributed by atoms with Crippen molar-refractivity contribution >= 4 is 5.97 Å². The van der Waals surface area contributed by atoms with Crippen LogP contribution in [0.2, 0.25) is 0 Å². The van der Waals surface area contributed by atoms with Crippen LogP contribution in [0.4, 0.5) is 8.78 Å². The Labute approximate surface area is 157 Å². The first kappa shape index (κ1) is 18.8. The molecule has 0 saturated carbocycles. The van der Waals surface area contributed by atoms with Gasteiger partial charge in [0, 0.05) is 11.1 Å². The second-order valence-corrected chi connectivity index (χ2v) is 6.30. The summed E-state index contributed by atoms with van der Waals surface area (Å²) >= 11 is 0. The van der Waals surface area contributed by atoms with Gasteiger partial charge in [-0.05, 0) is 35.2 Å². The quantitative estimate of drug-likeness (QED) is 0.515. The molecular weight excluding hydrogens is 346 g/mol. The number of carbonyl (C=O) groups is 1. The zero-order valence-corrected chi connectivity index (χ0v) is 15.3. The highest BCUT2D eigenvalue weighted by atomic mass is 19.2. The molecule has 0 aromatic heterocycles. The van der Waals surface area contributed by atoms with Gasteiger partial charge >= 0.3 is 5.97 Å². The van der Waals surface area contributed by atoms with Crippen LogP contribution >= 0.6 is 0 Å². The van der Waals surface area contributed by atoms with E-state index in [1.165, 1.54) is 24.8 Å². The van der Waals surface area contributed by atoms with Crippen LogP contribution in [0.15, 0.2) is 60.7 Å². The van der Waals surface area contributed by atoms with Crippen molar-refractivity contribution in [3.05, 3.63) is 83.4 Å². The van der Waals surface area contributed by atoms with Crippen molar-refractivity contribution in [1.82, 2.24) is 0 Å². The van der Waals surface area contributed by atoms with Gasteiger partial charge in [-0.15, -0.1) is 0 Å². The van der Waals surface area contributed by atoms with Crippen molar-refractivity contribution < 1.29 is 18.3 Å². The molecule has 4 heteroatoms. The molecule has 3 rings (SSSR count). The van der Waals surface area contributed by atoms with E-state index in [0.29, 0.717) is 16.7 Å². The minimum Gasteiger partial charge on any atom is -0.465 e. The van der Waals surface area contributed by atoms with E-state index in [9.17, 15) is 13.6 Å². The Hall–Kier alpha value is -3.01. The maximum Gasteiger partial charge on any atom is 0.337 e. The molecule has 0 amide bonds. The van der Waals surface area contributed by atoms with Crippen LogP contribution in [-0.4, -0.2) is 13.1 Å². The van der Waals surface area contributed by atoms with Crippen LogP contribution < -0.4 is 0 Å².